The fraction of sp³-hybridized carbons (Fsp3) is 0.100. The SMILES string of the molecule is Cc1ccc(F)c(-c2nc(N)nc(=O)[nH]2)c1F. The third-order valence-electron chi connectivity index (χ3n) is 2.19. The number of nitrogens with zero attached hydrogens (tertiary/aromatic N) is 2. The number of hydrogen-bond donors (Lipinski definition) is 2. The van der Waals surface area contributed by atoms with Gasteiger partial charge in [0.25, 0.3) is 0 Å². The van der Waals surface area contributed by atoms with E-state index in [-0.39, 0.29) is 17.3 Å². The van der Waals surface area contributed by atoms with Gasteiger partial charge in [0.15, 0.2) is 5.82 Å². The number of halogens is 2. The fourth-order valence-electron chi connectivity index (χ4n) is 1.39. The predicted octanol–water partition coefficient (Wildman–Crippen LogP) is 1.00. The summed E-state index contributed by atoms with van der Waals surface area (Å²) in [6.45, 7) is 1.47. The van der Waals surface area contributed by atoms with Crippen molar-refractivity contribution >= 4 is 5.95 Å². The van der Waals surface area contributed by atoms with Gasteiger partial charge in [-0.05, 0) is 18.6 Å². The standard InChI is InChI=1S/C10H8F2N4O/c1-4-2-3-5(11)6(7(4)12)8-14-9(13)16-10(17)15-8/h2-3H,1H3,(H3,13,14,15,16,17). The summed E-state index contributed by atoms with van der Waals surface area (Å²) in [5.74, 6) is -2.24. The van der Waals surface area contributed by atoms with Crippen LogP contribution >= 0.6 is 0 Å². The van der Waals surface area contributed by atoms with Crippen LogP contribution < -0.4 is 11.4 Å². The lowest BCUT2D eigenvalue weighted by Gasteiger charge is -2.06. The minimum absolute atomic E-state index is 0.236. The second-order valence-corrected chi connectivity index (χ2v) is 3.41. The third-order valence-corrected chi connectivity index (χ3v) is 2.19. The molecule has 3 N–H and O–H groups in total. The molecule has 17 heavy (non-hydrogen) atoms. The number of rotatable bonds is 1. The normalized spacial score (nSPS) is 10.5. The Morgan fingerprint density at radius 1 is 1.29 bits per heavy atom. The largest absolute Gasteiger partial charge is 0.368 e. The van der Waals surface area contributed by atoms with Crippen molar-refractivity contribution in [2.45, 2.75) is 6.92 Å². The Balaban J connectivity index is 2.76. The van der Waals surface area contributed by atoms with Gasteiger partial charge in [-0.25, -0.2) is 13.6 Å². The molecule has 2 aromatic rings. The van der Waals surface area contributed by atoms with Gasteiger partial charge in [-0.2, -0.15) is 9.97 Å². The zero-order chi connectivity index (χ0) is 12.6. The van der Waals surface area contributed by atoms with Crippen molar-refractivity contribution in [3.63, 3.8) is 0 Å². The third kappa shape index (κ3) is 1.99. The average Bonchev–Trinajstić information content (AvgIpc) is 2.23. The Bertz CT molecular complexity index is 639. The Morgan fingerprint density at radius 3 is 2.65 bits per heavy atom. The van der Waals surface area contributed by atoms with Gasteiger partial charge in [0.2, 0.25) is 5.95 Å². The van der Waals surface area contributed by atoms with Crippen LogP contribution in [-0.2, 0) is 0 Å². The van der Waals surface area contributed by atoms with Crippen LogP contribution in [0.3, 0.4) is 0 Å². The van der Waals surface area contributed by atoms with E-state index >= 15 is 0 Å². The maximum absolute atomic E-state index is 13.7. The first-order valence-electron chi connectivity index (χ1n) is 4.68. The molecule has 0 aliphatic carbocycles. The molecule has 2 rings (SSSR count). The van der Waals surface area contributed by atoms with E-state index in [2.05, 4.69) is 15.0 Å². The van der Waals surface area contributed by atoms with Gasteiger partial charge < -0.3 is 5.73 Å². The highest BCUT2D eigenvalue weighted by Crippen LogP contribution is 2.24. The van der Waals surface area contributed by atoms with Gasteiger partial charge in [-0.15, -0.1) is 0 Å². The molecule has 0 spiro atoms. The lowest BCUT2D eigenvalue weighted by atomic mass is 10.1. The van der Waals surface area contributed by atoms with E-state index in [1.54, 1.807) is 0 Å². The summed E-state index contributed by atoms with van der Waals surface area (Å²) in [6.07, 6.45) is 0. The molecule has 88 valence electrons. The first-order chi connectivity index (χ1) is 7.99. The highest BCUT2D eigenvalue weighted by Gasteiger charge is 2.16. The Labute approximate surface area is 94.3 Å². The molecule has 0 aliphatic heterocycles. The van der Waals surface area contributed by atoms with E-state index in [0.29, 0.717) is 0 Å². The molecule has 0 saturated heterocycles. The summed E-state index contributed by atoms with van der Waals surface area (Å²) < 4.78 is 27.3. The van der Waals surface area contributed by atoms with Crippen LogP contribution in [0.4, 0.5) is 14.7 Å². The first kappa shape index (κ1) is 11.2. The fourth-order valence-corrected chi connectivity index (χ4v) is 1.39. The van der Waals surface area contributed by atoms with Crippen LogP contribution in [0.15, 0.2) is 16.9 Å². The molecule has 0 aliphatic rings. The molecule has 1 heterocycles. The molecule has 0 amide bonds. The zero-order valence-corrected chi connectivity index (χ0v) is 8.79. The van der Waals surface area contributed by atoms with E-state index in [0.717, 1.165) is 6.07 Å². The number of aryl methyl sites for hydroxylation is 1. The summed E-state index contributed by atoms with van der Waals surface area (Å²) in [5, 5.41) is 0. The number of H-pyrrole nitrogens is 1. The quantitative estimate of drug-likeness (QED) is 0.776. The van der Waals surface area contributed by atoms with Crippen molar-refractivity contribution in [1.82, 2.24) is 15.0 Å². The molecule has 0 bridgehead atoms. The molecule has 5 nitrogen and oxygen atoms in total. The molecule has 1 aromatic carbocycles. The summed E-state index contributed by atoms with van der Waals surface area (Å²) in [4.78, 5) is 20.0. The maximum Gasteiger partial charge on any atom is 0.349 e. The maximum atomic E-state index is 13.7. The van der Waals surface area contributed by atoms with E-state index < -0.39 is 22.9 Å². The second kappa shape index (κ2) is 3.93. The monoisotopic (exact) mass is 238 g/mol. The van der Waals surface area contributed by atoms with E-state index in [4.69, 9.17) is 5.73 Å². The topological polar surface area (TPSA) is 84.7 Å². The summed E-state index contributed by atoms with van der Waals surface area (Å²) in [7, 11) is 0. The highest BCUT2D eigenvalue weighted by molar-refractivity contribution is 5.58. The highest BCUT2D eigenvalue weighted by atomic mass is 19.1. The second-order valence-electron chi connectivity index (χ2n) is 3.41. The smallest absolute Gasteiger partial charge is 0.349 e. The number of nitrogen functional groups attached to an aromatic ring is 1. The molecular formula is C10H8F2N4O. The van der Waals surface area contributed by atoms with Gasteiger partial charge in [0.1, 0.15) is 11.6 Å². The number of aromatic nitrogens is 3. The number of aromatic amines is 1. The Morgan fingerprint density at radius 2 is 2.00 bits per heavy atom. The number of nitrogens with one attached hydrogen (secondary N) is 1. The number of nitrogens with two attached hydrogens (primary N) is 1. The van der Waals surface area contributed by atoms with Gasteiger partial charge in [0, 0.05) is 0 Å². The van der Waals surface area contributed by atoms with E-state index in [1.807, 2.05) is 0 Å². The van der Waals surface area contributed by atoms with E-state index in [9.17, 15) is 13.6 Å². The van der Waals surface area contributed by atoms with Gasteiger partial charge in [-0.3, -0.25) is 4.98 Å². The Kier molecular flexibility index (Phi) is 2.58. The van der Waals surface area contributed by atoms with Gasteiger partial charge in [-0.1, -0.05) is 6.07 Å². The lowest BCUT2D eigenvalue weighted by molar-refractivity contribution is 0.581. The van der Waals surface area contributed by atoms with Crippen molar-refractivity contribution in [3.05, 3.63) is 39.8 Å². The summed E-state index contributed by atoms with van der Waals surface area (Å²) >= 11 is 0. The molecule has 1 aromatic heterocycles. The number of benzene rings is 1. The van der Waals surface area contributed by atoms with E-state index in [1.165, 1.54) is 13.0 Å². The van der Waals surface area contributed by atoms with Crippen molar-refractivity contribution in [1.29, 1.82) is 0 Å². The molecule has 0 fully saturated rings. The molecule has 7 heteroatoms. The van der Waals surface area contributed by atoms with Crippen LogP contribution in [0.5, 0.6) is 0 Å². The summed E-state index contributed by atoms with van der Waals surface area (Å²) in [5.41, 5.74) is 4.25. The Hall–Kier alpha value is -2.31. The molecule has 0 unspecified atom stereocenters. The minimum Gasteiger partial charge on any atom is -0.368 e. The van der Waals surface area contributed by atoms with Crippen molar-refractivity contribution in [3.8, 4) is 11.4 Å². The zero-order valence-electron chi connectivity index (χ0n) is 8.79. The van der Waals surface area contributed by atoms with Crippen LogP contribution in [0.1, 0.15) is 5.56 Å². The molecular weight excluding hydrogens is 230 g/mol. The van der Waals surface area contributed by atoms with Crippen molar-refractivity contribution < 1.29 is 8.78 Å². The van der Waals surface area contributed by atoms with Crippen LogP contribution in [0, 0.1) is 18.6 Å². The lowest BCUT2D eigenvalue weighted by Crippen LogP contribution is -2.16. The first-order valence-corrected chi connectivity index (χ1v) is 4.68. The molecule has 0 atom stereocenters. The number of anilines is 1. The minimum atomic E-state index is -0.832. The summed E-state index contributed by atoms with van der Waals surface area (Å²) in [6, 6.07) is 2.38. The van der Waals surface area contributed by atoms with Crippen molar-refractivity contribution in [2.75, 3.05) is 5.73 Å². The number of hydrogen-bond acceptors (Lipinski definition) is 4. The van der Waals surface area contributed by atoms with Gasteiger partial charge in [0.05, 0.1) is 5.56 Å². The van der Waals surface area contributed by atoms with Crippen LogP contribution in [0.2, 0.25) is 0 Å². The van der Waals surface area contributed by atoms with Crippen molar-refractivity contribution in [2.24, 2.45) is 0 Å². The molecule has 0 radical (unpaired) electrons. The average molecular weight is 238 g/mol. The molecule has 0 saturated carbocycles. The van der Waals surface area contributed by atoms with Crippen LogP contribution in [-0.4, -0.2) is 15.0 Å². The van der Waals surface area contributed by atoms with Crippen LogP contribution in [0.25, 0.3) is 11.4 Å². The van der Waals surface area contributed by atoms with Gasteiger partial charge >= 0.3 is 5.69 Å². The predicted molar refractivity (Wildman–Crippen MR) is 57.2 cm³/mol.